The van der Waals surface area contributed by atoms with Crippen molar-refractivity contribution < 1.29 is 4.79 Å². The van der Waals surface area contributed by atoms with E-state index >= 15 is 0 Å². The van der Waals surface area contributed by atoms with E-state index in [0.717, 1.165) is 20.6 Å². The molecule has 32 heavy (non-hydrogen) atoms. The van der Waals surface area contributed by atoms with Crippen LogP contribution in [-0.4, -0.2) is 30.3 Å². The van der Waals surface area contributed by atoms with Crippen molar-refractivity contribution >= 4 is 40.2 Å². The molecule has 0 unspecified atom stereocenters. The zero-order valence-corrected chi connectivity index (χ0v) is 19.6. The summed E-state index contributed by atoms with van der Waals surface area (Å²) in [5, 5.41) is 5.39. The molecule has 0 fully saturated rings. The Kier molecular flexibility index (Phi) is 6.33. The lowest BCUT2D eigenvalue weighted by atomic mass is 10.1. The Morgan fingerprint density at radius 3 is 2.62 bits per heavy atom. The van der Waals surface area contributed by atoms with Crippen LogP contribution in [-0.2, 0) is 32.0 Å². The van der Waals surface area contributed by atoms with Gasteiger partial charge in [0.2, 0.25) is 5.91 Å². The van der Waals surface area contributed by atoms with Gasteiger partial charge in [-0.3, -0.25) is 18.7 Å². The number of thioether (sulfide) groups is 1. The van der Waals surface area contributed by atoms with E-state index in [4.69, 9.17) is 0 Å². The first-order chi connectivity index (χ1) is 15.4. The van der Waals surface area contributed by atoms with Gasteiger partial charge in [-0.05, 0) is 29.5 Å². The van der Waals surface area contributed by atoms with Crippen LogP contribution in [0.15, 0.2) is 56.5 Å². The van der Waals surface area contributed by atoms with Crippen molar-refractivity contribution in [3.63, 3.8) is 0 Å². The average molecular weight is 470 g/mol. The van der Waals surface area contributed by atoms with Crippen molar-refractivity contribution in [1.29, 1.82) is 0 Å². The summed E-state index contributed by atoms with van der Waals surface area (Å²) in [4.78, 5) is 43.5. The van der Waals surface area contributed by atoms with Crippen LogP contribution in [0, 0.1) is 6.92 Å². The van der Waals surface area contributed by atoms with Crippen LogP contribution in [0.25, 0.3) is 11.2 Å². The van der Waals surface area contributed by atoms with E-state index in [1.807, 2.05) is 48.7 Å². The van der Waals surface area contributed by atoms with Gasteiger partial charge < -0.3 is 9.88 Å². The quantitative estimate of drug-likeness (QED) is 0.419. The minimum atomic E-state index is -0.437. The molecule has 166 valence electrons. The van der Waals surface area contributed by atoms with Crippen molar-refractivity contribution in [1.82, 2.24) is 24.0 Å². The predicted molar refractivity (Wildman–Crippen MR) is 127 cm³/mol. The molecule has 0 spiro atoms. The van der Waals surface area contributed by atoms with E-state index in [1.165, 1.54) is 23.4 Å². The van der Waals surface area contributed by atoms with Crippen LogP contribution >= 0.6 is 23.1 Å². The summed E-state index contributed by atoms with van der Waals surface area (Å²) in [6.45, 7) is 2.90. The molecule has 0 saturated carbocycles. The number of aromatic nitrogens is 4. The fraction of sp³-hybridized carbons (Fsp3) is 0.273. The van der Waals surface area contributed by atoms with Gasteiger partial charge in [0.15, 0.2) is 16.3 Å². The van der Waals surface area contributed by atoms with Crippen molar-refractivity contribution in [3.8, 4) is 0 Å². The van der Waals surface area contributed by atoms with E-state index in [-0.39, 0.29) is 11.7 Å². The Bertz CT molecular complexity index is 1400. The van der Waals surface area contributed by atoms with Crippen LogP contribution in [0.5, 0.6) is 0 Å². The van der Waals surface area contributed by atoms with E-state index in [0.29, 0.717) is 29.4 Å². The van der Waals surface area contributed by atoms with Crippen LogP contribution in [0.4, 0.5) is 0 Å². The molecule has 1 aromatic carbocycles. The number of amides is 1. The zero-order valence-electron chi connectivity index (χ0n) is 18.0. The second-order valence-electron chi connectivity index (χ2n) is 7.43. The number of nitrogens with one attached hydrogen (secondary N) is 1. The standard InChI is InChI=1S/C22H23N5O3S2/c1-14-7-4-5-8-15(14)12-27-18-19(25(2)22(30)26(3)20(18)29)24-21(27)32-13-17(28)23-11-16-9-6-10-31-16/h4-10H,11-13H2,1-3H3,(H,23,28). The van der Waals surface area contributed by atoms with E-state index in [9.17, 15) is 14.4 Å². The summed E-state index contributed by atoms with van der Waals surface area (Å²) in [6.07, 6.45) is 0. The maximum absolute atomic E-state index is 13.0. The fourth-order valence-corrected chi connectivity index (χ4v) is 4.89. The smallest absolute Gasteiger partial charge is 0.332 e. The number of thiophene rings is 1. The lowest BCUT2D eigenvalue weighted by Crippen LogP contribution is -2.37. The number of rotatable bonds is 7. The number of hydrogen-bond acceptors (Lipinski definition) is 6. The summed E-state index contributed by atoms with van der Waals surface area (Å²) in [5.41, 5.74) is 1.94. The monoisotopic (exact) mass is 469 g/mol. The van der Waals surface area contributed by atoms with Crippen molar-refractivity contribution in [3.05, 3.63) is 78.6 Å². The van der Waals surface area contributed by atoms with Crippen molar-refractivity contribution in [2.45, 2.75) is 25.2 Å². The topological polar surface area (TPSA) is 90.9 Å². The number of hydrogen-bond donors (Lipinski definition) is 1. The minimum Gasteiger partial charge on any atom is -0.350 e. The highest BCUT2D eigenvalue weighted by molar-refractivity contribution is 7.99. The Labute approximate surface area is 192 Å². The lowest BCUT2D eigenvalue weighted by Gasteiger charge is -2.11. The van der Waals surface area contributed by atoms with Gasteiger partial charge >= 0.3 is 5.69 Å². The third-order valence-electron chi connectivity index (χ3n) is 5.27. The molecule has 4 rings (SSSR count). The first kappa shape index (κ1) is 22.1. The van der Waals surface area contributed by atoms with Crippen molar-refractivity contribution in [2.24, 2.45) is 14.1 Å². The van der Waals surface area contributed by atoms with Gasteiger partial charge in [0.1, 0.15) is 0 Å². The van der Waals surface area contributed by atoms with Crippen LogP contribution in [0.1, 0.15) is 16.0 Å². The van der Waals surface area contributed by atoms with Crippen LogP contribution < -0.4 is 16.6 Å². The lowest BCUT2D eigenvalue weighted by molar-refractivity contribution is -0.118. The number of imidazole rings is 1. The van der Waals surface area contributed by atoms with Gasteiger partial charge in [-0.2, -0.15) is 0 Å². The van der Waals surface area contributed by atoms with E-state index in [1.54, 1.807) is 23.0 Å². The maximum atomic E-state index is 13.0. The molecule has 1 amide bonds. The molecule has 0 aliphatic carbocycles. The number of benzene rings is 1. The summed E-state index contributed by atoms with van der Waals surface area (Å²) >= 11 is 2.84. The maximum Gasteiger partial charge on any atom is 0.332 e. The highest BCUT2D eigenvalue weighted by Gasteiger charge is 2.20. The molecular formula is C22H23N5O3S2. The minimum absolute atomic E-state index is 0.125. The van der Waals surface area contributed by atoms with Gasteiger partial charge in [0.05, 0.1) is 18.8 Å². The molecule has 0 aliphatic heterocycles. The molecule has 3 aromatic heterocycles. The second kappa shape index (κ2) is 9.17. The van der Waals surface area contributed by atoms with Gasteiger partial charge in [-0.15, -0.1) is 11.3 Å². The number of carbonyl (C=O) groups excluding carboxylic acids is 1. The molecule has 8 nitrogen and oxygen atoms in total. The first-order valence-electron chi connectivity index (χ1n) is 9.99. The third kappa shape index (κ3) is 4.28. The highest BCUT2D eigenvalue weighted by atomic mass is 32.2. The Balaban J connectivity index is 1.69. The van der Waals surface area contributed by atoms with Gasteiger partial charge in [-0.1, -0.05) is 42.1 Å². The summed E-state index contributed by atoms with van der Waals surface area (Å²) in [6, 6.07) is 11.8. The average Bonchev–Trinajstić information content (AvgIpc) is 3.43. The molecule has 3 heterocycles. The zero-order chi connectivity index (χ0) is 22.8. The molecular weight excluding hydrogens is 446 g/mol. The molecule has 0 bridgehead atoms. The van der Waals surface area contributed by atoms with E-state index in [2.05, 4.69) is 10.3 Å². The Hall–Kier alpha value is -3.11. The third-order valence-corrected chi connectivity index (χ3v) is 7.13. The van der Waals surface area contributed by atoms with Crippen LogP contribution in [0.2, 0.25) is 0 Å². The molecule has 10 heteroatoms. The fourth-order valence-electron chi connectivity index (χ4n) is 3.42. The summed E-state index contributed by atoms with van der Waals surface area (Å²) < 4.78 is 4.25. The molecule has 0 radical (unpaired) electrons. The summed E-state index contributed by atoms with van der Waals surface area (Å²) in [7, 11) is 3.05. The number of nitrogens with zero attached hydrogens (tertiary/aromatic N) is 4. The largest absolute Gasteiger partial charge is 0.350 e. The van der Waals surface area contributed by atoms with Crippen molar-refractivity contribution in [2.75, 3.05) is 5.75 Å². The van der Waals surface area contributed by atoms with Gasteiger partial charge in [0, 0.05) is 19.0 Å². The molecule has 0 aliphatic rings. The Morgan fingerprint density at radius 2 is 1.91 bits per heavy atom. The molecule has 0 atom stereocenters. The predicted octanol–water partition coefficient (Wildman–Crippen LogP) is 2.26. The number of fused-ring (bicyclic) bond motifs is 1. The number of aryl methyl sites for hydroxylation is 2. The van der Waals surface area contributed by atoms with Crippen LogP contribution in [0.3, 0.4) is 0 Å². The Morgan fingerprint density at radius 1 is 1.12 bits per heavy atom. The number of carbonyl (C=O) groups is 1. The molecule has 1 N–H and O–H groups in total. The summed E-state index contributed by atoms with van der Waals surface area (Å²) in [5.74, 6) is 0.0242. The molecule has 0 saturated heterocycles. The first-order valence-corrected chi connectivity index (χ1v) is 11.9. The van der Waals surface area contributed by atoms with Gasteiger partial charge in [-0.25, -0.2) is 9.78 Å². The van der Waals surface area contributed by atoms with Gasteiger partial charge in [0.25, 0.3) is 5.56 Å². The SMILES string of the molecule is Cc1ccccc1Cn1c(SCC(=O)NCc2cccs2)nc2c1c(=O)n(C)c(=O)n2C. The highest BCUT2D eigenvalue weighted by Crippen LogP contribution is 2.24. The molecule has 4 aromatic rings. The normalized spacial score (nSPS) is 11.2. The second-order valence-corrected chi connectivity index (χ2v) is 9.40. The van der Waals surface area contributed by atoms with E-state index < -0.39 is 11.2 Å².